The lowest BCUT2D eigenvalue weighted by molar-refractivity contribution is -0.138. The van der Waals surface area contributed by atoms with Crippen LogP contribution in [0.2, 0.25) is 0 Å². The number of methoxy groups -OCH3 is 1. The molecule has 3 heterocycles. The summed E-state index contributed by atoms with van der Waals surface area (Å²) in [6, 6.07) is 11.4. The number of nitrogens with zero attached hydrogens (tertiary/aromatic N) is 4. The fourth-order valence-electron chi connectivity index (χ4n) is 5.27. The first-order valence-corrected chi connectivity index (χ1v) is 11.9. The molecule has 0 aliphatic carbocycles. The smallest absolute Gasteiger partial charge is 0.416 e. The first kappa shape index (κ1) is 24.9. The third kappa shape index (κ3) is 4.34. The zero-order chi connectivity index (χ0) is 26.5. The number of imidazole rings is 1. The number of hydrogen-bond acceptors (Lipinski definition) is 4. The Balaban J connectivity index is 1.64. The van der Waals surface area contributed by atoms with Gasteiger partial charge in [0.2, 0.25) is 0 Å². The van der Waals surface area contributed by atoms with E-state index in [1.54, 1.807) is 19.1 Å². The minimum Gasteiger partial charge on any atom is -0.494 e. The highest BCUT2D eigenvalue weighted by Gasteiger charge is 2.35. The SMILES string of the molecule is COc1cc(C)nc2c1n(Cc1ccccc1C(F)(F)F)c(=O)n2[C@@H]1CCN(c2c(C)cccc2F)C1. The first-order valence-electron chi connectivity index (χ1n) is 11.9. The van der Waals surface area contributed by atoms with E-state index in [0.29, 0.717) is 47.8 Å². The van der Waals surface area contributed by atoms with E-state index in [4.69, 9.17) is 4.74 Å². The van der Waals surface area contributed by atoms with E-state index in [9.17, 15) is 22.4 Å². The predicted octanol–water partition coefficient (Wildman–Crippen LogP) is 5.48. The summed E-state index contributed by atoms with van der Waals surface area (Å²) in [6.07, 6.45) is -4.02. The van der Waals surface area contributed by atoms with Gasteiger partial charge >= 0.3 is 11.9 Å². The van der Waals surface area contributed by atoms with Crippen LogP contribution in [0, 0.1) is 19.7 Å². The van der Waals surface area contributed by atoms with E-state index in [1.165, 1.54) is 40.5 Å². The minimum absolute atomic E-state index is 0.0335. The summed E-state index contributed by atoms with van der Waals surface area (Å²) in [5.41, 5.74) is 1.22. The topological polar surface area (TPSA) is 52.3 Å². The highest BCUT2D eigenvalue weighted by molar-refractivity contribution is 5.80. The highest BCUT2D eigenvalue weighted by Crippen LogP contribution is 2.35. The molecule has 0 spiro atoms. The van der Waals surface area contributed by atoms with E-state index in [0.717, 1.165) is 11.6 Å². The lowest BCUT2D eigenvalue weighted by atomic mass is 10.1. The second-order valence-electron chi connectivity index (χ2n) is 9.33. The summed E-state index contributed by atoms with van der Waals surface area (Å²) >= 11 is 0. The number of benzene rings is 2. The van der Waals surface area contributed by atoms with Crippen LogP contribution in [0.4, 0.5) is 23.2 Å². The van der Waals surface area contributed by atoms with Crippen LogP contribution in [0.3, 0.4) is 0 Å². The van der Waals surface area contributed by atoms with Gasteiger partial charge in [0.05, 0.1) is 30.9 Å². The van der Waals surface area contributed by atoms with Gasteiger partial charge in [0.25, 0.3) is 0 Å². The van der Waals surface area contributed by atoms with Crippen molar-refractivity contribution >= 4 is 16.9 Å². The molecule has 0 N–H and O–H groups in total. The number of fused-ring (bicyclic) bond motifs is 1. The molecule has 1 fully saturated rings. The van der Waals surface area contributed by atoms with Crippen molar-refractivity contribution in [1.82, 2.24) is 14.1 Å². The van der Waals surface area contributed by atoms with Gasteiger partial charge in [-0.3, -0.25) is 9.13 Å². The van der Waals surface area contributed by atoms with E-state index in [1.807, 2.05) is 17.9 Å². The number of rotatable bonds is 5. The molecule has 37 heavy (non-hydrogen) atoms. The zero-order valence-electron chi connectivity index (χ0n) is 20.6. The van der Waals surface area contributed by atoms with Crippen LogP contribution < -0.4 is 15.3 Å². The summed E-state index contributed by atoms with van der Waals surface area (Å²) in [4.78, 5) is 20.4. The molecule has 2 aromatic heterocycles. The number of aryl methyl sites for hydroxylation is 2. The van der Waals surface area contributed by atoms with Crippen molar-refractivity contribution in [2.45, 2.75) is 39.0 Å². The maximum Gasteiger partial charge on any atom is 0.416 e. The van der Waals surface area contributed by atoms with Gasteiger partial charge < -0.3 is 9.64 Å². The molecule has 10 heteroatoms. The molecule has 0 unspecified atom stereocenters. The van der Waals surface area contributed by atoms with Gasteiger partial charge in [0.15, 0.2) is 5.65 Å². The van der Waals surface area contributed by atoms with Gasteiger partial charge in [0, 0.05) is 24.8 Å². The van der Waals surface area contributed by atoms with Gasteiger partial charge in [-0.05, 0) is 43.5 Å². The number of ether oxygens (including phenoxy) is 1. The normalized spacial score (nSPS) is 16.1. The summed E-state index contributed by atoms with van der Waals surface area (Å²) in [5.74, 6) is 0.0115. The van der Waals surface area contributed by atoms with Crippen LogP contribution in [-0.2, 0) is 12.7 Å². The number of aromatic nitrogens is 3. The zero-order valence-corrected chi connectivity index (χ0v) is 20.6. The molecule has 0 saturated carbocycles. The summed E-state index contributed by atoms with van der Waals surface area (Å²) in [5, 5.41) is 0. The number of para-hydroxylation sites is 1. The van der Waals surface area contributed by atoms with Gasteiger partial charge in [-0.15, -0.1) is 0 Å². The molecule has 0 bridgehead atoms. The molecule has 1 saturated heterocycles. The molecule has 1 aliphatic rings. The van der Waals surface area contributed by atoms with Crippen molar-refractivity contribution in [3.8, 4) is 5.75 Å². The van der Waals surface area contributed by atoms with Crippen molar-refractivity contribution in [2.75, 3.05) is 25.1 Å². The Bertz CT molecular complexity index is 1520. The van der Waals surface area contributed by atoms with Crippen molar-refractivity contribution in [2.24, 2.45) is 0 Å². The highest BCUT2D eigenvalue weighted by atomic mass is 19.4. The molecule has 6 nitrogen and oxygen atoms in total. The number of pyridine rings is 1. The molecular weight excluding hydrogens is 488 g/mol. The van der Waals surface area contributed by atoms with Crippen molar-refractivity contribution < 1.29 is 22.3 Å². The third-order valence-electron chi connectivity index (χ3n) is 6.91. The van der Waals surface area contributed by atoms with E-state index < -0.39 is 17.4 Å². The largest absolute Gasteiger partial charge is 0.494 e. The maximum atomic E-state index is 14.7. The Morgan fingerprint density at radius 1 is 1.11 bits per heavy atom. The van der Waals surface area contributed by atoms with Crippen LogP contribution >= 0.6 is 0 Å². The number of alkyl halides is 3. The van der Waals surface area contributed by atoms with Crippen LogP contribution in [0.5, 0.6) is 5.75 Å². The van der Waals surface area contributed by atoms with Crippen molar-refractivity contribution in [3.63, 3.8) is 0 Å². The fourth-order valence-corrected chi connectivity index (χ4v) is 5.27. The van der Waals surface area contributed by atoms with E-state index in [2.05, 4.69) is 4.98 Å². The number of halogens is 4. The van der Waals surface area contributed by atoms with Crippen LogP contribution in [0.25, 0.3) is 11.2 Å². The fraction of sp³-hybridized carbons (Fsp3) is 0.333. The predicted molar refractivity (Wildman–Crippen MR) is 133 cm³/mol. The average molecular weight is 515 g/mol. The second-order valence-corrected chi connectivity index (χ2v) is 9.33. The molecule has 194 valence electrons. The summed E-state index contributed by atoms with van der Waals surface area (Å²) in [7, 11) is 1.45. The van der Waals surface area contributed by atoms with Crippen molar-refractivity contribution in [3.05, 3.63) is 87.2 Å². The van der Waals surface area contributed by atoms with Crippen LogP contribution in [0.1, 0.15) is 34.8 Å². The Hall–Kier alpha value is -3.82. The molecule has 5 rings (SSSR count). The lowest BCUT2D eigenvalue weighted by Crippen LogP contribution is -2.30. The summed E-state index contributed by atoms with van der Waals surface area (Å²) in [6.45, 7) is 4.17. The number of anilines is 1. The summed E-state index contributed by atoms with van der Waals surface area (Å²) < 4.78 is 64.2. The van der Waals surface area contributed by atoms with Gasteiger partial charge in [-0.2, -0.15) is 13.2 Å². The Morgan fingerprint density at radius 2 is 1.86 bits per heavy atom. The standard InChI is InChI=1S/C27H26F4N4O2/c1-16-7-6-10-21(28)23(16)33-12-11-19(15-33)35-25-24(22(37-3)13-17(2)32-25)34(26(35)36)14-18-8-4-5-9-20(18)27(29,30)31/h4-10,13,19H,11-12,14-15H2,1-3H3/t19-/m1/s1. The minimum atomic E-state index is -4.57. The van der Waals surface area contributed by atoms with Gasteiger partial charge in [-0.1, -0.05) is 30.3 Å². The Morgan fingerprint density at radius 3 is 2.57 bits per heavy atom. The first-order chi connectivity index (χ1) is 17.6. The molecular formula is C27H26F4N4O2. The van der Waals surface area contributed by atoms with Crippen LogP contribution in [0.15, 0.2) is 53.3 Å². The third-order valence-corrected chi connectivity index (χ3v) is 6.91. The molecule has 1 atom stereocenters. The van der Waals surface area contributed by atoms with E-state index >= 15 is 0 Å². The van der Waals surface area contributed by atoms with Crippen LogP contribution in [-0.4, -0.2) is 34.3 Å². The molecule has 2 aromatic carbocycles. The molecule has 1 aliphatic heterocycles. The average Bonchev–Trinajstić information content (AvgIpc) is 3.41. The molecule has 0 amide bonds. The van der Waals surface area contributed by atoms with Gasteiger partial charge in [-0.25, -0.2) is 14.2 Å². The van der Waals surface area contributed by atoms with E-state index in [-0.39, 0.29) is 24.0 Å². The molecule has 0 radical (unpaired) electrons. The Labute approximate surface area is 210 Å². The number of hydrogen-bond donors (Lipinski definition) is 0. The monoisotopic (exact) mass is 514 g/mol. The Kier molecular flexibility index (Phi) is 6.21. The maximum absolute atomic E-state index is 14.7. The quantitative estimate of drug-likeness (QED) is 0.331. The van der Waals surface area contributed by atoms with Gasteiger partial charge in [0.1, 0.15) is 17.1 Å². The van der Waals surface area contributed by atoms with Crippen molar-refractivity contribution in [1.29, 1.82) is 0 Å². The lowest BCUT2D eigenvalue weighted by Gasteiger charge is -2.21. The molecule has 4 aromatic rings. The second kappa shape index (κ2) is 9.24.